The molecule has 2 atom stereocenters. The maximum Gasteiger partial charge on any atom is 0.240 e. The molecule has 0 saturated heterocycles. The number of aromatic nitrogens is 1. The van der Waals surface area contributed by atoms with E-state index >= 15 is 0 Å². The van der Waals surface area contributed by atoms with Crippen LogP contribution in [0.25, 0.3) is 10.9 Å². The lowest BCUT2D eigenvalue weighted by molar-refractivity contribution is -0.170. The van der Waals surface area contributed by atoms with Gasteiger partial charge in [-0.3, -0.25) is 4.79 Å². The van der Waals surface area contributed by atoms with Crippen molar-refractivity contribution in [2.45, 2.75) is 51.7 Å². The molecule has 1 aromatic carbocycles. The van der Waals surface area contributed by atoms with E-state index in [1.54, 1.807) is 0 Å². The Morgan fingerprint density at radius 1 is 1.38 bits per heavy atom. The summed E-state index contributed by atoms with van der Waals surface area (Å²) in [5.41, 5.74) is 7.65. The third-order valence-electron chi connectivity index (χ3n) is 5.82. The van der Waals surface area contributed by atoms with Crippen molar-refractivity contribution in [1.29, 1.82) is 0 Å². The summed E-state index contributed by atoms with van der Waals surface area (Å²) in [6, 6.07) is 8.28. The number of nitrogens with one attached hydrogen (secondary N) is 2. The van der Waals surface area contributed by atoms with Crippen LogP contribution in [0.1, 0.15) is 39.2 Å². The second-order valence-corrected chi connectivity index (χ2v) is 7.56. The zero-order chi connectivity index (χ0) is 18.1. The molecule has 0 aliphatic heterocycles. The van der Waals surface area contributed by atoms with Crippen LogP contribution in [0.5, 0.6) is 0 Å². The van der Waals surface area contributed by atoms with Gasteiger partial charge in [0.15, 0.2) is 0 Å². The lowest BCUT2D eigenvalue weighted by Crippen LogP contribution is -2.75. The number of hydrogen-bond donors (Lipinski definition) is 3. The van der Waals surface area contributed by atoms with E-state index in [2.05, 4.69) is 28.6 Å². The number of hydrogen-bond acceptors (Lipinski definition) is 3. The van der Waals surface area contributed by atoms with Gasteiger partial charge < -0.3 is 20.8 Å². The third kappa shape index (κ3) is 3.48. The fourth-order valence-corrected chi connectivity index (χ4v) is 3.80. The van der Waals surface area contributed by atoms with Gasteiger partial charge in [-0.25, -0.2) is 0 Å². The number of para-hydroxylation sites is 1. The molecule has 0 spiro atoms. The summed E-state index contributed by atoms with van der Waals surface area (Å²) in [6.07, 6.45) is 4.51. The smallest absolute Gasteiger partial charge is 0.240 e. The maximum atomic E-state index is 12.6. The summed E-state index contributed by atoms with van der Waals surface area (Å²) in [5, 5.41) is 4.28. The number of halogens is 1. The lowest BCUT2D eigenvalue weighted by Gasteiger charge is -2.57. The number of aryl methyl sites for hydroxylation is 1. The summed E-state index contributed by atoms with van der Waals surface area (Å²) in [7, 11) is 0. The largest absolute Gasteiger partial charge is 0.378 e. The molecule has 1 heterocycles. The quantitative estimate of drug-likeness (QED) is 0.646. The molecule has 1 aliphatic rings. The number of fused-ring (bicyclic) bond motifs is 1. The molecule has 2 aromatic rings. The molecule has 6 heteroatoms. The molecule has 5 nitrogen and oxygen atoms in total. The standard InChI is InChI=1S/C20H29N3O2.ClH/c1-4-25-17-12-20(21,19(17,2)3)18(24)22-11-7-8-14-13-23-16-10-6-5-9-15(14)16;/h5-6,9-10,13,17,23H,4,7-8,11-12,21H2,1-3H3,(H,22,24);1H. The maximum absolute atomic E-state index is 12.6. The van der Waals surface area contributed by atoms with Crippen LogP contribution >= 0.6 is 12.4 Å². The number of H-pyrrole nitrogens is 1. The minimum Gasteiger partial charge on any atom is -0.378 e. The Labute approximate surface area is 161 Å². The van der Waals surface area contributed by atoms with Gasteiger partial charge in [0, 0.05) is 42.1 Å². The van der Waals surface area contributed by atoms with Gasteiger partial charge in [0.2, 0.25) is 5.91 Å². The van der Waals surface area contributed by atoms with Crippen molar-refractivity contribution < 1.29 is 9.53 Å². The molecule has 2 unspecified atom stereocenters. The van der Waals surface area contributed by atoms with Crippen molar-refractivity contribution >= 4 is 29.2 Å². The van der Waals surface area contributed by atoms with E-state index < -0.39 is 5.54 Å². The monoisotopic (exact) mass is 379 g/mol. The molecule has 0 radical (unpaired) electrons. The number of amides is 1. The molecular formula is C20H30ClN3O2. The predicted molar refractivity (Wildman–Crippen MR) is 108 cm³/mol. The van der Waals surface area contributed by atoms with Gasteiger partial charge >= 0.3 is 0 Å². The molecule has 4 N–H and O–H groups in total. The average Bonchev–Trinajstić information content (AvgIpc) is 3.01. The number of carbonyl (C=O) groups excluding carboxylic acids is 1. The van der Waals surface area contributed by atoms with Gasteiger partial charge in [-0.05, 0) is 31.4 Å². The van der Waals surface area contributed by atoms with E-state index in [4.69, 9.17) is 10.5 Å². The number of aromatic amines is 1. The van der Waals surface area contributed by atoms with Crippen LogP contribution in [0.3, 0.4) is 0 Å². The Morgan fingerprint density at radius 2 is 2.12 bits per heavy atom. The van der Waals surface area contributed by atoms with E-state index in [9.17, 15) is 4.79 Å². The Balaban J connectivity index is 0.00000243. The minimum absolute atomic E-state index is 0. The second kappa shape index (κ2) is 7.99. The molecule has 144 valence electrons. The molecule has 1 amide bonds. The first kappa shape index (κ1) is 20.7. The molecule has 1 saturated carbocycles. The first-order valence-electron chi connectivity index (χ1n) is 9.14. The number of rotatable bonds is 7. The molecule has 1 aromatic heterocycles. The van der Waals surface area contributed by atoms with Gasteiger partial charge in [-0.2, -0.15) is 0 Å². The predicted octanol–water partition coefficient (Wildman–Crippen LogP) is 3.17. The van der Waals surface area contributed by atoms with Crippen molar-refractivity contribution in [3.8, 4) is 0 Å². The Bertz CT molecular complexity index is 758. The molecular weight excluding hydrogens is 350 g/mol. The fraction of sp³-hybridized carbons (Fsp3) is 0.550. The van der Waals surface area contributed by atoms with Gasteiger partial charge in [0.1, 0.15) is 5.54 Å². The first-order chi connectivity index (χ1) is 11.9. The Kier molecular flexibility index (Phi) is 6.37. The highest BCUT2D eigenvalue weighted by atomic mass is 35.5. The van der Waals surface area contributed by atoms with Crippen LogP contribution in [-0.4, -0.2) is 35.7 Å². The second-order valence-electron chi connectivity index (χ2n) is 7.56. The van der Waals surface area contributed by atoms with E-state index in [0.29, 0.717) is 19.6 Å². The molecule has 1 aliphatic carbocycles. The molecule has 1 fully saturated rings. The van der Waals surface area contributed by atoms with Crippen LogP contribution < -0.4 is 11.1 Å². The van der Waals surface area contributed by atoms with Crippen LogP contribution in [0, 0.1) is 5.41 Å². The number of benzene rings is 1. The Hall–Kier alpha value is -1.56. The number of nitrogens with two attached hydrogens (primary N) is 1. The highest BCUT2D eigenvalue weighted by Crippen LogP contribution is 2.49. The van der Waals surface area contributed by atoms with Crippen LogP contribution in [-0.2, 0) is 16.0 Å². The molecule has 0 bridgehead atoms. The zero-order valence-electron chi connectivity index (χ0n) is 15.8. The van der Waals surface area contributed by atoms with Crippen molar-refractivity contribution in [2.24, 2.45) is 11.1 Å². The van der Waals surface area contributed by atoms with Gasteiger partial charge in [0.05, 0.1) is 6.10 Å². The summed E-state index contributed by atoms with van der Waals surface area (Å²) < 4.78 is 5.69. The van der Waals surface area contributed by atoms with Crippen LogP contribution in [0.4, 0.5) is 0 Å². The Morgan fingerprint density at radius 3 is 2.81 bits per heavy atom. The topological polar surface area (TPSA) is 80.1 Å². The van der Waals surface area contributed by atoms with Gasteiger partial charge in [-0.15, -0.1) is 12.4 Å². The first-order valence-corrected chi connectivity index (χ1v) is 9.14. The summed E-state index contributed by atoms with van der Waals surface area (Å²) in [6.45, 7) is 7.28. The van der Waals surface area contributed by atoms with E-state index in [1.807, 2.05) is 32.9 Å². The normalized spacial score (nSPS) is 23.9. The van der Waals surface area contributed by atoms with E-state index in [-0.39, 0.29) is 29.8 Å². The minimum atomic E-state index is -0.840. The van der Waals surface area contributed by atoms with Crippen molar-refractivity contribution in [3.05, 3.63) is 36.0 Å². The van der Waals surface area contributed by atoms with Crippen LogP contribution in [0.2, 0.25) is 0 Å². The van der Waals surface area contributed by atoms with Gasteiger partial charge in [0.25, 0.3) is 0 Å². The fourth-order valence-electron chi connectivity index (χ4n) is 3.80. The van der Waals surface area contributed by atoms with Crippen molar-refractivity contribution in [3.63, 3.8) is 0 Å². The highest BCUT2D eigenvalue weighted by molar-refractivity contribution is 5.88. The van der Waals surface area contributed by atoms with Crippen LogP contribution in [0.15, 0.2) is 30.5 Å². The SMILES string of the molecule is CCOC1CC(N)(C(=O)NCCCc2c[nH]c3ccccc23)C1(C)C.Cl. The summed E-state index contributed by atoms with van der Waals surface area (Å²) >= 11 is 0. The molecule has 26 heavy (non-hydrogen) atoms. The third-order valence-corrected chi connectivity index (χ3v) is 5.82. The van der Waals surface area contributed by atoms with E-state index in [1.165, 1.54) is 10.9 Å². The average molecular weight is 380 g/mol. The number of ether oxygens (including phenoxy) is 1. The van der Waals surface area contributed by atoms with Gasteiger partial charge in [-0.1, -0.05) is 32.0 Å². The summed E-state index contributed by atoms with van der Waals surface area (Å²) in [4.78, 5) is 15.9. The zero-order valence-corrected chi connectivity index (χ0v) is 16.6. The molecule has 3 rings (SSSR count). The highest BCUT2D eigenvalue weighted by Gasteiger charge is 2.62. The van der Waals surface area contributed by atoms with Crippen molar-refractivity contribution in [1.82, 2.24) is 10.3 Å². The van der Waals surface area contributed by atoms with E-state index in [0.717, 1.165) is 18.4 Å². The lowest BCUT2D eigenvalue weighted by atomic mass is 9.54. The van der Waals surface area contributed by atoms with Crippen molar-refractivity contribution in [2.75, 3.05) is 13.2 Å². The summed E-state index contributed by atoms with van der Waals surface area (Å²) in [5.74, 6) is -0.0626. The number of carbonyl (C=O) groups is 1.